The molecule has 0 atom stereocenters. The summed E-state index contributed by atoms with van der Waals surface area (Å²) in [5.74, 6) is 2.00. The number of halogens is 1. The number of thioether (sulfide) groups is 1. The van der Waals surface area contributed by atoms with Crippen LogP contribution in [0.1, 0.15) is 12.0 Å². The SMILES string of the molecule is CN(C)C(=O)CSC1=Nc2c(cnn2-c2ccc(Cl)cc2)C2=NCCCN12. The first-order chi connectivity index (χ1) is 13.0. The lowest BCUT2D eigenvalue weighted by molar-refractivity contribution is -0.125. The average Bonchev–Trinajstić information content (AvgIpc) is 3.10. The molecule has 0 saturated carbocycles. The normalized spacial score (nSPS) is 15.6. The molecule has 27 heavy (non-hydrogen) atoms. The van der Waals surface area contributed by atoms with Crippen LogP contribution in [0.15, 0.2) is 40.4 Å². The molecule has 9 heteroatoms. The van der Waals surface area contributed by atoms with Gasteiger partial charge in [0.25, 0.3) is 0 Å². The summed E-state index contributed by atoms with van der Waals surface area (Å²) in [7, 11) is 3.51. The largest absolute Gasteiger partial charge is 0.348 e. The second-order valence-electron chi connectivity index (χ2n) is 6.45. The summed E-state index contributed by atoms with van der Waals surface area (Å²) < 4.78 is 1.79. The summed E-state index contributed by atoms with van der Waals surface area (Å²) in [6.07, 6.45) is 2.77. The number of carbonyl (C=O) groups is 1. The fourth-order valence-electron chi connectivity index (χ4n) is 2.92. The van der Waals surface area contributed by atoms with Crippen LogP contribution in [-0.2, 0) is 4.79 Å². The van der Waals surface area contributed by atoms with Gasteiger partial charge >= 0.3 is 0 Å². The number of hydrogen-bond acceptors (Lipinski definition) is 6. The van der Waals surface area contributed by atoms with Gasteiger partial charge in [-0.05, 0) is 30.7 Å². The Labute approximate surface area is 166 Å². The minimum Gasteiger partial charge on any atom is -0.348 e. The summed E-state index contributed by atoms with van der Waals surface area (Å²) >= 11 is 7.44. The third kappa shape index (κ3) is 3.46. The third-order valence-electron chi connectivity index (χ3n) is 4.37. The van der Waals surface area contributed by atoms with Gasteiger partial charge in [-0.1, -0.05) is 23.4 Å². The fraction of sp³-hybridized carbons (Fsp3) is 0.333. The van der Waals surface area contributed by atoms with Crippen LogP contribution in [0.2, 0.25) is 5.02 Å². The van der Waals surface area contributed by atoms with E-state index in [1.54, 1.807) is 29.9 Å². The van der Waals surface area contributed by atoms with E-state index in [4.69, 9.17) is 21.6 Å². The van der Waals surface area contributed by atoms with Gasteiger partial charge < -0.3 is 9.80 Å². The highest BCUT2D eigenvalue weighted by atomic mass is 35.5. The van der Waals surface area contributed by atoms with Crippen LogP contribution in [0.3, 0.4) is 0 Å². The van der Waals surface area contributed by atoms with Crippen molar-refractivity contribution in [3.63, 3.8) is 0 Å². The van der Waals surface area contributed by atoms with Gasteiger partial charge in [0.15, 0.2) is 11.0 Å². The van der Waals surface area contributed by atoms with E-state index in [0.29, 0.717) is 10.8 Å². The predicted molar refractivity (Wildman–Crippen MR) is 110 cm³/mol. The fourth-order valence-corrected chi connectivity index (χ4v) is 4.04. The Morgan fingerprint density at radius 2 is 2.07 bits per heavy atom. The van der Waals surface area contributed by atoms with Crippen molar-refractivity contribution in [2.24, 2.45) is 9.98 Å². The zero-order valence-corrected chi connectivity index (χ0v) is 16.7. The van der Waals surface area contributed by atoms with Gasteiger partial charge in [0, 0.05) is 32.2 Å². The Balaban J connectivity index is 1.73. The van der Waals surface area contributed by atoms with Crippen molar-refractivity contribution in [3.8, 4) is 5.69 Å². The number of nitrogens with zero attached hydrogens (tertiary/aromatic N) is 6. The van der Waals surface area contributed by atoms with E-state index in [9.17, 15) is 4.79 Å². The van der Waals surface area contributed by atoms with Crippen molar-refractivity contribution in [3.05, 3.63) is 41.0 Å². The van der Waals surface area contributed by atoms with Crippen LogP contribution in [0.25, 0.3) is 5.69 Å². The highest BCUT2D eigenvalue weighted by Crippen LogP contribution is 2.33. The molecule has 0 bridgehead atoms. The van der Waals surface area contributed by atoms with E-state index in [1.165, 1.54) is 11.8 Å². The number of amides is 1. The third-order valence-corrected chi connectivity index (χ3v) is 5.58. The van der Waals surface area contributed by atoms with E-state index in [-0.39, 0.29) is 5.91 Å². The molecule has 0 spiro atoms. The van der Waals surface area contributed by atoms with E-state index < -0.39 is 0 Å². The molecule has 0 fully saturated rings. The molecule has 4 rings (SSSR count). The zero-order valence-electron chi connectivity index (χ0n) is 15.1. The summed E-state index contributed by atoms with van der Waals surface area (Å²) in [4.78, 5) is 25.3. The van der Waals surface area contributed by atoms with Gasteiger partial charge in [0.1, 0.15) is 5.84 Å². The average molecular weight is 403 g/mol. The minimum absolute atomic E-state index is 0.0511. The molecule has 1 aromatic heterocycles. The first-order valence-corrected chi connectivity index (χ1v) is 9.99. The second-order valence-corrected chi connectivity index (χ2v) is 7.83. The van der Waals surface area contributed by atoms with Crippen LogP contribution in [0, 0.1) is 0 Å². The van der Waals surface area contributed by atoms with Crippen molar-refractivity contribution in [1.29, 1.82) is 0 Å². The molecular weight excluding hydrogens is 384 g/mol. The van der Waals surface area contributed by atoms with E-state index in [1.807, 2.05) is 24.3 Å². The topological polar surface area (TPSA) is 66.1 Å². The van der Waals surface area contributed by atoms with Crippen LogP contribution >= 0.6 is 23.4 Å². The number of carbonyl (C=O) groups excluding carboxylic acids is 1. The van der Waals surface area contributed by atoms with Crippen LogP contribution < -0.4 is 0 Å². The van der Waals surface area contributed by atoms with Gasteiger partial charge in [-0.25, -0.2) is 9.67 Å². The highest BCUT2D eigenvalue weighted by molar-refractivity contribution is 8.14. The Kier molecular flexibility index (Phi) is 4.92. The van der Waals surface area contributed by atoms with Crippen LogP contribution in [0.5, 0.6) is 0 Å². The molecule has 2 aromatic rings. The molecular formula is C18H19ClN6OS. The van der Waals surface area contributed by atoms with Crippen molar-refractivity contribution >= 4 is 46.1 Å². The van der Waals surface area contributed by atoms with Crippen molar-refractivity contribution in [2.45, 2.75) is 6.42 Å². The van der Waals surface area contributed by atoms with Crippen LogP contribution in [0.4, 0.5) is 5.82 Å². The summed E-state index contributed by atoms with van der Waals surface area (Å²) in [6.45, 7) is 1.62. The highest BCUT2D eigenvalue weighted by Gasteiger charge is 2.31. The lowest BCUT2D eigenvalue weighted by Crippen LogP contribution is -2.42. The number of fused-ring (bicyclic) bond motifs is 3. The molecule has 2 aliphatic rings. The number of amidine groups is 2. The maximum atomic E-state index is 12.0. The second kappa shape index (κ2) is 7.36. The standard InChI is InChI=1S/C18H19ClN6OS/c1-23(2)15(26)11-27-18-22-17-14(16-20-8-3-9-24(16)18)10-21-25(17)13-6-4-12(19)5-7-13/h4-7,10H,3,8-9,11H2,1-2H3. The molecule has 0 unspecified atom stereocenters. The number of hydrogen-bond donors (Lipinski definition) is 0. The number of benzene rings is 1. The molecule has 7 nitrogen and oxygen atoms in total. The minimum atomic E-state index is 0.0511. The Morgan fingerprint density at radius 1 is 1.30 bits per heavy atom. The lowest BCUT2D eigenvalue weighted by Gasteiger charge is -2.32. The molecule has 0 saturated heterocycles. The Hall–Kier alpha value is -2.32. The molecule has 1 aromatic carbocycles. The monoisotopic (exact) mass is 402 g/mol. The molecule has 1 amide bonds. The number of rotatable bonds is 3. The van der Waals surface area contributed by atoms with Gasteiger partial charge in [-0.15, -0.1) is 0 Å². The van der Waals surface area contributed by atoms with Gasteiger partial charge in [-0.2, -0.15) is 5.10 Å². The first-order valence-electron chi connectivity index (χ1n) is 8.62. The van der Waals surface area contributed by atoms with Gasteiger partial charge in [0.2, 0.25) is 5.91 Å². The maximum Gasteiger partial charge on any atom is 0.232 e. The molecule has 0 N–H and O–H groups in total. The van der Waals surface area contributed by atoms with E-state index >= 15 is 0 Å². The van der Waals surface area contributed by atoms with Crippen molar-refractivity contribution < 1.29 is 4.79 Å². The van der Waals surface area contributed by atoms with E-state index in [0.717, 1.165) is 47.6 Å². The van der Waals surface area contributed by atoms with Crippen LogP contribution in [-0.4, -0.2) is 69.4 Å². The van der Waals surface area contributed by atoms with Gasteiger partial charge in [0.05, 0.1) is 23.2 Å². The Morgan fingerprint density at radius 3 is 2.81 bits per heavy atom. The summed E-state index contributed by atoms with van der Waals surface area (Å²) in [5.41, 5.74) is 1.79. The smallest absolute Gasteiger partial charge is 0.232 e. The maximum absolute atomic E-state index is 12.0. The molecule has 0 aliphatic carbocycles. The zero-order chi connectivity index (χ0) is 19.0. The molecule has 2 aliphatic heterocycles. The lowest BCUT2D eigenvalue weighted by atomic mass is 10.2. The quantitative estimate of drug-likeness (QED) is 0.791. The summed E-state index contributed by atoms with van der Waals surface area (Å²) in [5, 5.41) is 5.98. The van der Waals surface area contributed by atoms with Gasteiger partial charge in [-0.3, -0.25) is 9.79 Å². The molecule has 3 heterocycles. The molecule has 0 radical (unpaired) electrons. The Bertz CT molecular complexity index is 934. The predicted octanol–water partition coefficient (Wildman–Crippen LogP) is 2.80. The van der Waals surface area contributed by atoms with Crippen molar-refractivity contribution in [1.82, 2.24) is 19.6 Å². The molecule has 140 valence electrons. The number of aromatic nitrogens is 2. The van der Waals surface area contributed by atoms with Crippen molar-refractivity contribution in [2.75, 3.05) is 32.9 Å². The summed E-state index contributed by atoms with van der Waals surface area (Å²) in [6, 6.07) is 7.46. The number of aliphatic imine (C=N–C) groups is 2. The first kappa shape index (κ1) is 18.1. The van der Waals surface area contributed by atoms with E-state index in [2.05, 4.69) is 10.00 Å².